The van der Waals surface area contributed by atoms with Crippen molar-refractivity contribution in [2.75, 3.05) is 6.61 Å². The largest absolute Gasteiger partial charge is 0.458 e. The molecule has 6 unspecified atom stereocenters. The van der Waals surface area contributed by atoms with E-state index in [0.29, 0.717) is 12.3 Å². The lowest BCUT2D eigenvalue weighted by Crippen LogP contribution is -2.45. The average Bonchev–Trinajstić information content (AvgIpc) is 2.69. The number of hydrogen-bond acceptors (Lipinski definition) is 6. The Morgan fingerprint density at radius 3 is 2.83 bits per heavy atom. The number of carbonyl (C=O) groups excluding carboxylic acids is 3. The summed E-state index contributed by atoms with van der Waals surface area (Å²) >= 11 is 1.99. The normalized spacial score (nSPS) is 36.1. The lowest BCUT2D eigenvalue weighted by atomic mass is 9.67. The lowest BCUT2D eigenvalue weighted by molar-refractivity contribution is -0.178. The number of rotatable bonds is 5. The summed E-state index contributed by atoms with van der Waals surface area (Å²) in [7, 11) is 0. The van der Waals surface area contributed by atoms with Gasteiger partial charge in [-0.2, -0.15) is 0 Å². The van der Waals surface area contributed by atoms with Gasteiger partial charge in [0.05, 0.1) is 5.92 Å². The molecule has 2 aliphatic heterocycles. The fourth-order valence-electron chi connectivity index (χ4n) is 4.01. The van der Waals surface area contributed by atoms with E-state index in [1.165, 1.54) is 0 Å². The van der Waals surface area contributed by atoms with Gasteiger partial charge in [0, 0.05) is 5.92 Å². The predicted molar refractivity (Wildman–Crippen MR) is 87.8 cm³/mol. The summed E-state index contributed by atoms with van der Waals surface area (Å²) in [6, 6.07) is 0. The fourth-order valence-corrected chi connectivity index (χ4v) is 4.19. The van der Waals surface area contributed by atoms with E-state index >= 15 is 0 Å². The van der Waals surface area contributed by atoms with Gasteiger partial charge in [0.25, 0.3) is 0 Å². The Hall–Kier alpha value is -0.860. The summed E-state index contributed by atoms with van der Waals surface area (Å²) in [5.74, 6) is -0.494. The third-order valence-corrected chi connectivity index (χ3v) is 6.44. The van der Waals surface area contributed by atoms with E-state index < -0.39 is 18.0 Å². The van der Waals surface area contributed by atoms with Crippen LogP contribution >= 0.6 is 22.6 Å². The van der Waals surface area contributed by atoms with Crippen LogP contribution in [0.15, 0.2) is 0 Å². The molecule has 4 aliphatic rings. The van der Waals surface area contributed by atoms with Crippen molar-refractivity contribution in [1.29, 1.82) is 0 Å². The first-order chi connectivity index (χ1) is 11.0. The number of carbonyl (C=O) groups is 3. The van der Waals surface area contributed by atoms with E-state index in [2.05, 4.69) is 0 Å². The van der Waals surface area contributed by atoms with Gasteiger partial charge in [-0.05, 0) is 38.0 Å². The van der Waals surface area contributed by atoms with Crippen molar-refractivity contribution in [2.24, 2.45) is 17.8 Å². The molecular weight excluding hydrogens is 415 g/mol. The predicted octanol–water partition coefficient (Wildman–Crippen LogP) is 2.02. The second-order valence-electron chi connectivity index (χ2n) is 6.68. The van der Waals surface area contributed by atoms with Crippen LogP contribution in [0.25, 0.3) is 0 Å². The van der Waals surface area contributed by atoms with Crippen LogP contribution in [0.5, 0.6) is 0 Å². The standard InChI is InChI=1S/C16H21IO6/c1-2-11(17)16(20)21-7-13(18)23-14-9-3-8-4-10(6-9)15(19)22-12(14)5-8/h8-12,14H,2-7H2,1H3. The molecular formula is C16H21IO6. The molecule has 0 aromatic heterocycles. The number of hydrogen-bond donors (Lipinski definition) is 0. The zero-order valence-electron chi connectivity index (χ0n) is 13.0. The molecule has 0 aromatic rings. The molecule has 4 rings (SSSR count). The van der Waals surface area contributed by atoms with E-state index in [4.69, 9.17) is 14.2 Å². The van der Waals surface area contributed by atoms with Gasteiger partial charge in [-0.25, -0.2) is 4.79 Å². The van der Waals surface area contributed by atoms with Gasteiger partial charge in [0.15, 0.2) is 6.61 Å². The first-order valence-corrected chi connectivity index (χ1v) is 9.43. The number of esters is 3. The molecule has 6 atom stereocenters. The quantitative estimate of drug-likeness (QED) is 0.284. The molecule has 0 aromatic carbocycles. The molecule has 4 fully saturated rings. The minimum Gasteiger partial charge on any atom is -0.458 e. The molecule has 2 aliphatic carbocycles. The highest BCUT2D eigenvalue weighted by molar-refractivity contribution is 14.1. The Labute approximate surface area is 148 Å². The van der Waals surface area contributed by atoms with Crippen molar-refractivity contribution < 1.29 is 28.6 Å². The molecule has 23 heavy (non-hydrogen) atoms. The summed E-state index contributed by atoms with van der Waals surface area (Å²) in [5.41, 5.74) is 0. The van der Waals surface area contributed by atoms with Gasteiger partial charge in [0.2, 0.25) is 0 Å². The van der Waals surface area contributed by atoms with Crippen LogP contribution in [0.2, 0.25) is 0 Å². The maximum atomic E-state index is 12.0. The first kappa shape index (κ1) is 17.0. The molecule has 128 valence electrons. The van der Waals surface area contributed by atoms with Crippen molar-refractivity contribution in [3.05, 3.63) is 0 Å². The van der Waals surface area contributed by atoms with Crippen molar-refractivity contribution in [3.8, 4) is 0 Å². The highest BCUT2D eigenvalue weighted by atomic mass is 127. The maximum Gasteiger partial charge on any atom is 0.344 e. The second kappa shape index (κ2) is 6.94. The summed E-state index contributed by atoms with van der Waals surface area (Å²) in [6.07, 6.45) is 3.29. The number of fused-ring (bicyclic) bond motifs is 1. The zero-order valence-corrected chi connectivity index (χ0v) is 15.2. The molecule has 2 saturated heterocycles. The number of ether oxygens (including phenoxy) is 3. The summed E-state index contributed by atoms with van der Waals surface area (Å²) in [5, 5.41) is 0. The fraction of sp³-hybridized carbons (Fsp3) is 0.812. The third kappa shape index (κ3) is 3.64. The van der Waals surface area contributed by atoms with E-state index in [-0.39, 0.29) is 34.4 Å². The zero-order chi connectivity index (χ0) is 16.6. The lowest BCUT2D eigenvalue weighted by Gasteiger charge is -2.41. The molecule has 7 heteroatoms. The van der Waals surface area contributed by atoms with E-state index in [1.54, 1.807) is 0 Å². The Bertz CT molecular complexity index is 507. The van der Waals surface area contributed by atoms with Crippen LogP contribution in [0.3, 0.4) is 0 Å². The van der Waals surface area contributed by atoms with Crippen LogP contribution in [0, 0.1) is 17.8 Å². The van der Waals surface area contributed by atoms with Gasteiger partial charge in [-0.1, -0.05) is 29.5 Å². The number of halogens is 1. The molecule has 2 heterocycles. The molecule has 0 amide bonds. The minimum absolute atomic E-state index is 0.0467. The Kier molecular flexibility index (Phi) is 5.13. The minimum atomic E-state index is -0.563. The van der Waals surface area contributed by atoms with E-state index in [0.717, 1.165) is 25.7 Å². The Morgan fingerprint density at radius 1 is 1.30 bits per heavy atom. The van der Waals surface area contributed by atoms with Crippen molar-refractivity contribution in [3.63, 3.8) is 0 Å². The van der Waals surface area contributed by atoms with Crippen LogP contribution < -0.4 is 0 Å². The monoisotopic (exact) mass is 436 g/mol. The smallest absolute Gasteiger partial charge is 0.344 e. The van der Waals surface area contributed by atoms with Crippen LogP contribution in [0.4, 0.5) is 0 Å². The van der Waals surface area contributed by atoms with Crippen molar-refractivity contribution in [2.45, 2.75) is 55.2 Å². The van der Waals surface area contributed by atoms with Gasteiger partial charge < -0.3 is 14.2 Å². The molecule has 0 N–H and O–H groups in total. The van der Waals surface area contributed by atoms with Gasteiger partial charge in [0.1, 0.15) is 16.1 Å². The maximum absolute atomic E-state index is 12.0. The van der Waals surface area contributed by atoms with Gasteiger partial charge in [-0.15, -0.1) is 0 Å². The highest BCUT2D eigenvalue weighted by Crippen LogP contribution is 2.48. The van der Waals surface area contributed by atoms with Crippen molar-refractivity contribution >= 4 is 40.5 Å². The second-order valence-corrected chi connectivity index (χ2v) is 8.18. The third-order valence-electron chi connectivity index (χ3n) is 5.05. The summed E-state index contributed by atoms with van der Waals surface area (Å²) < 4.78 is 15.7. The molecule has 6 nitrogen and oxygen atoms in total. The summed E-state index contributed by atoms with van der Waals surface area (Å²) in [6.45, 7) is 1.50. The van der Waals surface area contributed by atoms with E-state index in [1.807, 2.05) is 29.5 Å². The molecule has 0 spiro atoms. The van der Waals surface area contributed by atoms with Crippen LogP contribution in [0.1, 0.15) is 39.0 Å². The molecule has 0 radical (unpaired) electrons. The topological polar surface area (TPSA) is 78.9 Å². The van der Waals surface area contributed by atoms with Gasteiger partial charge in [-0.3, -0.25) is 9.59 Å². The van der Waals surface area contributed by atoms with Crippen LogP contribution in [-0.4, -0.2) is 40.6 Å². The van der Waals surface area contributed by atoms with Crippen molar-refractivity contribution in [1.82, 2.24) is 0 Å². The van der Waals surface area contributed by atoms with E-state index in [9.17, 15) is 14.4 Å². The molecule has 2 saturated carbocycles. The van der Waals surface area contributed by atoms with Crippen LogP contribution in [-0.2, 0) is 28.6 Å². The first-order valence-electron chi connectivity index (χ1n) is 8.18. The Morgan fingerprint density at radius 2 is 2.09 bits per heavy atom. The number of alkyl halides is 1. The van der Waals surface area contributed by atoms with Gasteiger partial charge >= 0.3 is 17.9 Å². The highest BCUT2D eigenvalue weighted by Gasteiger charge is 2.51. The Balaban J connectivity index is 1.56. The average molecular weight is 436 g/mol. The summed E-state index contributed by atoms with van der Waals surface area (Å²) in [4.78, 5) is 35.6. The SMILES string of the molecule is CCC(I)C(=O)OCC(=O)OC1C2CC3CC(C2)C(=O)OC1C3. The molecule has 4 bridgehead atoms.